The minimum absolute atomic E-state index is 0. The van der Waals surface area contributed by atoms with Gasteiger partial charge in [0.2, 0.25) is 0 Å². The summed E-state index contributed by atoms with van der Waals surface area (Å²) in [4.78, 5) is 0. The predicted octanol–water partition coefficient (Wildman–Crippen LogP) is 18.1. The second-order valence-corrected chi connectivity index (χ2v) is 32.8. The first-order valence-corrected chi connectivity index (χ1v) is 36.1. The minimum atomic E-state index is -1.25. The van der Waals surface area contributed by atoms with Crippen molar-refractivity contribution < 1.29 is 5.48 Å². The van der Waals surface area contributed by atoms with Gasteiger partial charge in [-0.2, -0.15) is 0 Å². The molecule has 0 saturated carbocycles. The standard InChI is InChI=1S/6C8H17.O.2Sn/c6*1-4-6-7-8(3)5-2;;;/h6*8H,3-7H2,1-2H3;;;/q;;;;;;-2;2*+1. The summed E-state index contributed by atoms with van der Waals surface area (Å²) in [5, 5.41) is 0. The van der Waals surface area contributed by atoms with Crippen molar-refractivity contribution in [1.29, 1.82) is 0 Å². The third kappa shape index (κ3) is 33.4. The van der Waals surface area contributed by atoms with Crippen LogP contribution in [-0.2, 0) is 5.48 Å². The van der Waals surface area contributed by atoms with Crippen LogP contribution in [0, 0.1) is 35.5 Å². The van der Waals surface area contributed by atoms with Crippen molar-refractivity contribution in [2.75, 3.05) is 0 Å². The molecule has 1 nitrogen and oxygen atoms in total. The number of hydrogen-bond donors (Lipinski definition) is 0. The Morgan fingerprint density at radius 2 is 0.392 bits per heavy atom. The van der Waals surface area contributed by atoms with Gasteiger partial charge >= 0.3 is 339 Å². The van der Waals surface area contributed by atoms with Gasteiger partial charge in [0.05, 0.1) is 0 Å². The largest absolute Gasteiger partial charge is 2.00 e. The molecule has 0 aromatic heterocycles. The second kappa shape index (κ2) is 42.7. The second-order valence-electron chi connectivity index (χ2n) is 17.2. The first kappa shape index (κ1) is 56.9. The fraction of sp³-hybridized carbons (Fsp3) is 1.00. The number of rotatable bonds is 36. The molecule has 0 saturated heterocycles. The normalized spacial score (nSPS) is 14.8. The van der Waals surface area contributed by atoms with E-state index in [2.05, 4.69) is 83.1 Å². The van der Waals surface area contributed by atoms with Crippen LogP contribution in [0.2, 0.25) is 26.6 Å². The van der Waals surface area contributed by atoms with Crippen molar-refractivity contribution in [2.24, 2.45) is 35.5 Å². The fourth-order valence-corrected chi connectivity index (χ4v) is 33.9. The van der Waals surface area contributed by atoms with Crippen LogP contribution in [0.1, 0.15) is 237 Å². The van der Waals surface area contributed by atoms with E-state index in [9.17, 15) is 0 Å². The summed E-state index contributed by atoms with van der Waals surface area (Å²) >= 11 is -2.49. The smallest absolute Gasteiger partial charge is 2.00 e. The average Bonchev–Trinajstić information content (AvgIpc) is 3.14. The monoisotopic (exact) mass is 935 g/mol. The maximum Gasteiger partial charge on any atom is -2.00 e. The van der Waals surface area contributed by atoms with Gasteiger partial charge in [-0.05, 0) is 0 Å². The third-order valence-corrected chi connectivity index (χ3v) is 32.5. The molecular formula is C48H102OSn2. The van der Waals surface area contributed by atoms with Crippen LogP contribution in [0.4, 0.5) is 0 Å². The van der Waals surface area contributed by atoms with Gasteiger partial charge in [-0.1, -0.05) is 0 Å². The summed E-state index contributed by atoms with van der Waals surface area (Å²) in [6.45, 7) is 29.0. The molecule has 0 N–H and O–H groups in total. The van der Waals surface area contributed by atoms with Gasteiger partial charge < -0.3 is 5.48 Å². The zero-order valence-corrected chi connectivity index (χ0v) is 43.8. The van der Waals surface area contributed by atoms with Gasteiger partial charge in [-0.15, -0.1) is 0 Å². The minimum Gasteiger partial charge on any atom is -2.00 e. The summed E-state index contributed by atoms with van der Waals surface area (Å²) in [6.07, 6.45) is 34.9. The first-order valence-electron chi connectivity index (χ1n) is 24.0. The SMILES string of the molecule is CCCCC(CC)[CH2][Sn+]([CH2]C(CC)CCCC)[CH2]C(CC)CCCC.CCCCC(CC)[CH2][Sn+]([CH2]C(CC)CCCC)[CH2]C(CC)CCCC.[O-2]. The van der Waals surface area contributed by atoms with Gasteiger partial charge in [0.25, 0.3) is 0 Å². The summed E-state index contributed by atoms with van der Waals surface area (Å²) < 4.78 is 10.3. The molecule has 6 unspecified atom stereocenters. The Bertz CT molecular complexity index is 501. The van der Waals surface area contributed by atoms with E-state index >= 15 is 0 Å². The van der Waals surface area contributed by atoms with Gasteiger partial charge in [0.15, 0.2) is 0 Å². The first-order chi connectivity index (χ1) is 24.3. The van der Waals surface area contributed by atoms with Crippen molar-refractivity contribution in [1.82, 2.24) is 0 Å². The van der Waals surface area contributed by atoms with Crippen LogP contribution in [0.15, 0.2) is 0 Å². The van der Waals surface area contributed by atoms with Gasteiger partial charge in [0.1, 0.15) is 0 Å². The van der Waals surface area contributed by atoms with Crippen LogP contribution < -0.4 is 0 Å². The van der Waals surface area contributed by atoms with Crippen LogP contribution in [0.3, 0.4) is 0 Å². The Hall–Kier alpha value is 1.56. The molecule has 6 atom stereocenters. The quantitative estimate of drug-likeness (QED) is 0.0560. The molecule has 0 rings (SSSR count). The molecule has 0 spiro atoms. The molecule has 0 aromatic carbocycles. The summed E-state index contributed by atoms with van der Waals surface area (Å²) in [6, 6.07) is 0. The summed E-state index contributed by atoms with van der Waals surface area (Å²) in [5.41, 5.74) is 0. The van der Waals surface area contributed by atoms with Crippen molar-refractivity contribution in [3.05, 3.63) is 0 Å². The molecule has 308 valence electrons. The van der Waals surface area contributed by atoms with Crippen LogP contribution >= 0.6 is 0 Å². The van der Waals surface area contributed by atoms with Gasteiger partial charge in [-0.3, -0.25) is 0 Å². The van der Waals surface area contributed by atoms with Crippen LogP contribution in [0.5, 0.6) is 0 Å². The third-order valence-electron chi connectivity index (χ3n) is 12.7. The molecule has 0 heterocycles. The van der Waals surface area contributed by atoms with E-state index in [0.29, 0.717) is 0 Å². The van der Waals surface area contributed by atoms with E-state index in [-0.39, 0.29) is 5.48 Å². The molecule has 0 aromatic rings. The Balaban J connectivity index is -0.000000886. The predicted molar refractivity (Wildman–Crippen MR) is 241 cm³/mol. The number of unbranched alkanes of at least 4 members (excludes halogenated alkanes) is 6. The fourth-order valence-electron chi connectivity index (χ4n) is 8.61. The maximum absolute atomic E-state index is 2.46. The zero-order chi connectivity index (χ0) is 37.8. The van der Waals surface area contributed by atoms with Crippen molar-refractivity contribution in [3.63, 3.8) is 0 Å². The van der Waals surface area contributed by atoms with Crippen molar-refractivity contribution >= 4 is 39.5 Å². The Kier molecular flexibility index (Phi) is 47.6. The maximum atomic E-state index is 2.46. The average molecular weight is 933 g/mol. The topological polar surface area (TPSA) is 28.5 Å². The van der Waals surface area contributed by atoms with Crippen LogP contribution in [0.25, 0.3) is 0 Å². The van der Waals surface area contributed by atoms with E-state index in [0.717, 1.165) is 35.5 Å². The molecule has 0 bridgehead atoms. The molecule has 51 heavy (non-hydrogen) atoms. The van der Waals surface area contributed by atoms with E-state index in [1.54, 1.807) is 26.6 Å². The molecule has 0 aliphatic carbocycles. The van der Waals surface area contributed by atoms with Gasteiger partial charge in [0, 0.05) is 0 Å². The Morgan fingerprint density at radius 3 is 0.490 bits per heavy atom. The van der Waals surface area contributed by atoms with Gasteiger partial charge in [-0.25, -0.2) is 0 Å². The zero-order valence-electron chi connectivity index (χ0n) is 38.1. The molecule has 0 amide bonds. The molecule has 3 heteroatoms. The Labute approximate surface area is 341 Å². The van der Waals surface area contributed by atoms with E-state index in [1.807, 2.05) is 0 Å². The molecular weight excluding hydrogens is 830 g/mol. The Morgan fingerprint density at radius 1 is 0.255 bits per heavy atom. The number of hydrogen-bond acceptors (Lipinski definition) is 0. The van der Waals surface area contributed by atoms with Crippen LogP contribution in [-0.4, -0.2) is 39.5 Å². The summed E-state index contributed by atoms with van der Waals surface area (Å²) in [7, 11) is 0. The molecule has 0 aliphatic rings. The van der Waals surface area contributed by atoms with Crippen molar-refractivity contribution in [2.45, 2.75) is 264 Å². The molecule has 0 fully saturated rings. The van der Waals surface area contributed by atoms with E-state index in [1.165, 1.54) is 154 Å². The summed E-state index contributed by atoms with van der Waals surface area (Å²) in [5.74, 6) is 6.43. The van der Waals surface area contributed by atoms with E-state index in [4.69, 9.17) is 0 Å². The molecule has 0 radical (unpaired) electrons. The van der Waals surface area contributed by atoms with E-state index < -0.39 is 39.5 Å². The molecule has 0 aliphatic heterocycles. The van der Waals surface area contributed by atoms with Crippen molar-refractivity contribution in [3.8, 4) is 0 Å².